The van der Waals surface area contributed by atoms with Crippen molar-refractivity contribution in [2.24, 2.45) is 7.05 Å². The largest absolute Gasteiger partial charge is 0.462 e. The lowest BCUT2D eigenvalue weighted by atomic mass is 10.1. The van der Waals surface area contributed by atoms with Gasteiger partial charge in [-0.2, -0.15) is 4.90 Å². The van der Waals surface area contributed by atoms with Crippen LogP contribution in [0.4, 0.5) is 15.4 Å². The molecule has 246 valence electrons. The highest BCUT2D eigenvalue weighted by Gasteiger charge is 2.37. The van der Waals surface area contributed by atoms with Crippen LogP contribution in [0.15, 0.2) is 36.5 Å². The first kappa shape index (κ1) is 36.9. The van der Waals surface area contributed by atoms with E-state index in [9.17, 15) is 14.4 Å². The number of imidazole rings is 1. The van der Waals surface area contributed by atoms with Gasteiger partial charge in [0.15, 0.2) is 17.3 Å². The summed E-state index contributed by atoms with van der Waals surface area (Å²) in [6, 6.07) is 7.67. The zero-order valence-electron chi connectivity index (χ0n) is 28.8. The number of allylic oxidation sites excluding steroid dienone is 2. The van der Waals surface area contributed by atoms with Crippen molar-refractivity contribution >= 4 is 41.1 Å². The Morgan fingerprint density at radius 2 is 1.47 bits per heavy atom. The molecule has 0 atom stereocenters. The molecule has 0 saturated heterocycles. The van der Waals surface area contributed by atoms with Crippen molar-refractivity contribution in [3.63, 3.8) is 0 Å². The first-order valence-electron chi connectivity index (χ1n) is 15.2. The molecular weight excluding hydrogens is 574 g/mol. The van der Waals surface area contributed by atoms with Gasteiger partial charge in [-0.05, 0) is 92.9 Å². The van der Waals surface area contributed by atoms with Crippen LogP contribution in [0, 0.1) is 0 Å². The fourth-order valence-corrected chi connectivity index (χ4v) is 4.07. The van der Waals surface area contributed by atoms with Gasteiger partial charge >= 0.3 is 12.2 Å². The SMILES string of the molecule is CC(C)(C)OC=O.CC/C=C(\CCC)c1cnc(N(C(=O)OC(C)(C)C)C(=O)OC(C)(C)C)c(-c2nc3ccccc3n2C)n1. The summed E-state index contributed by atoms with van der Waals surface area (Å²) in [7, 11) is 1.86. The summed E-state index contributed by atoms with van der Waals surface area (Å²) < 4.78 is 17.6. The van der Waals surface area contributed by atoms with E-state index in [1.807, 2.05) is 56.7 Å². The molecule has 1 aromatic carbocycles. The molecule has 11 nitrogen and oxygen atoms in total. The van der Waals surface area contributed by atoms with Gasteiger partial charge in [-0.3, -0.25) is 4.79 Å². The zero-order valence-corrected chi connectivity index (χ0v) is 28.8. The average molecular weight is 624 g/mol. The van der Waals surface area contributed by atoms with Gasteiger partial charge in [0.25, 0.3) is 6.47 Å². The molecule has 2 aromatic heterocycles. The van der Waals surface area contributed by atoms with Crippen molar-refractivity contribution in [2.45, 2.75) is 112 Å². The number of imide groups is 1. The molecule has 2 amide bonds. The number of aryl methyl sites for hydroxylation is 1. The van der Waals surface area contributed by atoms with E-state index >= 15 is 0 Å². The van der Waals surface area contributed by atoms with Crippen LogP contribution in [0.3, 0.4) is 0 Å². The number of nitrogens with zero attached hydrogens (tertiary/aromatic N) is 5. The smallest absolute Gasteiger partial charge is 0.425 e. The minimum absolute atomic E-state index is 0.0111. The quantitative estimate of drug-likeness (QED) is 0.189. The highest BCUT2D eigenvalue weighted by atomic mass is 16.6. The zero-order chi connectivity index (χ0) is 34.2. The van der Waals surface area contributed by atoms with Gasteiger partial charge in [0.05, 0.1) is 22.9 Å². The van der Waals surface area contributed by atoms with Gasteiger partial charge in [0.2, 0.25) is 0 Å². The summed E-state index contributed by atoms with van der Waals surface area (Å²) in [5.74, 6) is 0.447. The van der Waals surface area contributed by atoms with Crippen LogP contribution in [0.25, 0.3) is 28.1 Å². The number of aromatic nitrogens is 4. The van der Waals surface area contributed by atoms with Crippen LogP contribution in [0.2, 0.25) is 0 Å². The summed E-state index contributed by atoms with van der Waals surface area (Å²) in [5, 5.41) is 0. The molecule has 0 radical (unpaired) electrons. The molecule has 0 fully saturated rings. The fourth-order valence-electron chi connectivity index (χ4n) is 4.07. The predicted molar refractivity (Wildman–Crippen MR) is 177 cm³/mol. The van der Waals surface area contributed by atoms with E-state index < -0.39 is 23.4 Å². The maximum Gasteiger partial charge on any atom is 0.425 e. The Labute approximate surface area is 267 Å². The third-order valence-corrected chi connectivity index (χ3v) is 5.82. The topological polar surface area (TPSA) is 126 Å². The maximum absolute atomic E-state index is 13.4. The lowest BCUT2D eigenvalue weighted by molar-refractivity contribution is -0.138. The van der Waals surface area contributed by atoms with Crippen molar-refractivity contribution in [1.82, 2.24) is 19.5 Å². The fraction of sp³-hybridized carbons (Fsp3) is 0.529. The molecular formula is C34H49N5O6. The molecule has 0 N–H and O–H groups in total. The first-order chi connectivity index (χ1) is 20.8. The summed E-state index contributed by atoms with van der Waals surface area (Å²) >= 11 is 0. The third kappa shape index (κ3) is 11.0. The van der Waals surface area contributed by atoms with E-state index in [4.69, 9.17) is 19.4 Å². The number of hydrogen-bond donors (Lipinski definition) is 0. The second-order valence-corrected chi connectivity index (χ2v) is 13.4. The molecule has 45 heavy (non-hydrogen) atoms. The number of para-hydroxylation sites is 2. The molecule has 0 aliphatic rings. The molecule has 0 bridgehead atoms. The third-order valence-electron chi connectivity index (χ3n) is 5.82. The lowest BCUT2D eigenvalue weighted by Gasteiger charge is -2.28. The molecule has 0 aliphatic carbocycles. The second kappa shape index (κ2) is 15.1. The van der Waals surface area contributed by atoms with E-state index in [1.54, 1.807) is 47.7 Å². The van der Waals surface area contributed by atoms with Crippen molar-refractivity contribution in [3.8, 4) is 11.5 Å². The van der Waals surface area contributed by atoms with Gasteiger partial charge in [0, 0.05) is 7.05 Å². The van der Waals surface area contributed by atoms with Crippen LogP contribution in [-0.4, -0.2) is 55.0 Å². The first-order valence-corrected chi connectivity index (χ1v) is 15.2. The van der Waals surface area contributed by atoms with Gasteiger partial charge in [0.1, 0.15) is 16.8 Å². The molecule has 3 aromatic rings. The molecule has 0 saturated carbocycles. The monoisotopic (exact) mass is 623 g/mol. The van der Waals surface area contributed by atoms with Crippen molar-refractivity contribution in [2.75, 3.05) is 4.90 Å². The molecule has 0 aliphatic heterocycles. The highest BCUT2D eigenvalue weighted by molar-refractivity contribution is 6.10. The molecule has 11 heteroatoms. The number of rotatable bonds is 7. The molecule has 0 spiro atoms. The van der Waals surface area contributed by atoms with Gasteiger partial charge in [-0.1, -0.05) is 38.5 Å². The van der Waals surface area contributed by atoms with E-state index in [2.05, 4.69) is 29.6 Å². The number of carbonyl (C=O) groups excluding carboxylic acids is 3. The minimum Gasteiger partial charge on any atom is -0.462 e. The van der Waals surface area contributed by atoms with Gasteiger partial charge in [-0.15, -0.1) is 0 Å². The molecule has 3 rings (SSSR count). The molecule has 2 heterocycles. The van der Waals surface area contributed by atoms with Gasteiger partial charge < -0.3 is 18.8 Å². The van der Waals surface area contributed by atoms with Crippen molar-refractivity contribution < 1.29 is 28.6 Å². The number of ether oxygens (including phenoxy) is 3. The van der Waals surface area contributed by atoms with Crippen molar-refractivity contribution in [1.29, 1.82) is 0 Å². The van der Waals surface area contributed by atoms with Crippen LogP contribution < -0.4 is 4.90 Å². The minimum atomic E-state index is -0.910. The van der Waals surface area contributed by atoms with E-state index in [0.717, 1.165) is 40.8 Å². The van der Waals surface area contributed by atoms with E-state index in [1.165, 1.54) is 0 Å². The lowest BCUT2D eigenvalue weighted by Crippen LogP contribution is -2.44. The van der Waals surface area contributed by atoms with Gasteiger partial charge in [-0.25, -0.2) is 24.5 Å². The van der Waals surface area contributed by atoms with E-state index in [0.29, 0.717) is 18.0 Å². The summed E-state index contributed by atoms with van der Waals surface area (Å²) in [5.41, 5.74) is 1.56. The standard InChI is InChI=1S/C29H39N5O4.C5H10O2/c1-10-14-19(15-11-2)21-18-30-24(23(31-21)25-32-20-16-12-13-17-22(20)33(25)9)34(26(35)37-28(3,4)5)27(36)38-29(6,7)8;1-5(2,3)7-4-6/h12-14,16-18H,10-11,15H2,1-9H3;4H,1-3H3/b19-14+;. The van der Waals surface area contributed by atoms with Crippen molar-refractivity contribution in [3.05, 3.63) is 42.2 Å². The number of amides is 2. The summed E-state index contributed by atoms with van der Waals surface area (Å²) in [6.45, 7) is 20.5. The molecule has 0 unspecified atom stereocenters. The van der Waals surface area contributed by atoms with Crippen LogP contribution >= 0.6 is 0 Å². The number of anilines is 1. The average Bonchev–Trinajstić information content (AvgIpc) is 3.23. The normalized spacial score (nSPS) is 12.2. The Morgan fingerprint density at radius 1 is 0.889 bits per heavy atom. The summed E-state index contributed by atoms with van der Waals surface area (Å²) in [6.07, 6.45) is 4.46. The van der Waals surface area contributed by atoms with Crippen LogP contribution in [0.5, 0.6) is 0 Å². The Balaban J connectivity index is 0.000000900. The highest BCUT2D eigenvalue weighted by Crippen LogP contribution is 2.33. The predicted octanol–water partition coefficient (Wildman–Crippen LogP) is 8.26. The van der Waals surface area contributed by atoms with Crippen LogP contribution in [-0.2, 0) is 26.1 Å². The number of carbonyl (C=O) groups is 3. The van der Waals surface area contributed by atoms with E-state index in [-0.39, 0.29) is 17.1 Å². The Bertz CT molecular complexity index is 1480. The second-order valence-electron chi connectivity index (χ2n) is 13.4. The van der Waals surface area contributed by atoms with Crippen LogP contribution in [0.1, 0.15) is 101 Å². The number of hydrogen-bond acceptors (Lipinski definition) is 9. The summed E-state index contributed by atoms with van der Waals surface area (Å²) in [4.78, 5) is 51.7. The Morgan fingerprint density at radius 3 is 1.91 bits per heavy atom. The number of fused-ring (bicyclic) bond motifs is 1. The Hall–Kier alpha value is -4.28. The maximum atomic E-state index is 13.4. The Kier molecular flexibility index (Phi) is 12.4. The number of benzene rings is 1.